The van der Waals surface area contributed by atoms with Gasteiger partial charge in [0.25, 0.3) is 17.4 Å². The topological polar surface area (TPSA) is 80.2 Å². The minimum absolute atomic E-state index is 0.209. The first-order valence-electron chi connectivity index (χ1n) is 8.45. The second kappa shape index (κ2) is 8.14. The molecule has 0 saturated heterocycles. The van der Waals surface area contributed by atoms with Gasteiger partial charge in [0.05, 0.1) is 12.1 Å². The fourth-order valence-electron chi connectivity index (χ4n) is 2.61. The summed E-state index contributed by atoms with van der Waals surface area (Å²) in [6, 6.07) is 19.3. The van der Waals surface area contributed by atoms with E-state index < -0.39 is 11.8 Å². The Morgan fingerprint density at radius 2 is 1.56 bits per heavy atom. The van der Waals surface area contributed by atoms with Crippen LogP contribution < -0.4 is 16.4 Å². The Labute approximate surface area is 156 Å². The Balaban J connectivity index is 1.69. The van der Waals surface area contributed by atoms with Crippen molar-refractivity contribution in [3.05, 3.63) is 106 Å². The van der Waals surface area contributed by atoms with Gasteiger partial charge in [-0.05, 0) is 30.7 Å². The van der Waals surface area contributed by atoms with Crippen LogP contribution >= 0.6 is 0 Å². The predicted molar refractivity (Wildman–Crippen MR) is 102 cm³/mol. The standard InChI is InChI=1S/C21H19N3O3/c1-15-6-5-9-17(12-15)20(26)22-23-21(27)18-10-11-19(25)24(14-18)13-16-7-3-2-4-8-16/h2-12,14H,13H2,1H3,(H,22,26)(H,23,27). The summed E-state index contributed by atoms with van der Waals surface area (Å²) in [4.78, 5) is 36.5. The lowest BCUT2D eigenvalue weighted by molar-refractivity contribution is 0.0846. The van der Waals surface area contributed by atoms with Crippen LogP contribution in [-0.2, 0) is 6.54 Å². The molecule has 1 aromatic heterocycles. The van der Waals surface area contributed by atoms with E-state index in [4.69, 9.17) is 0 Å². The van der Waals surface area contributed by atoms with Crippen molar-refractivity contribution in [3.63, 3.8) is 0 Å². The largest absolute Gasteiger partial charge is 0.310 e. The molecular formula is C21H19N3O3. The quantitative estimate of drug-likeness (QED) is 0.700. The number of pyridine rings is 1. The highest BCUT2D eigenvalue weighted by molar-refractivity contribution is 5.98. The van der Waals surface area contributed by atoms with E-state index in [1.54, 1.807) is 18.2 Å². The van der Waals surface area contributed by atoms with E-state index in [0.717, 1.165) is 11.1 Å². The number of carbonyl (C=O) groups excluding carboxylic acids is 2. The normalized spacial score (nSPS) is 10.3. The van der Waals surface area contributed by atoms with Gasteiger partial charge in [-0.25, -0.2) is 0 Å². The van der Waals surface area contributed by atoms with Gasteiger partial charge < -0.3 is 4.57 Å². The summed E-state index contributed by atoms with van der Waals surface area (Å²) in [6.07, 6.45) is 1.48. The number of hydrazine groups is 1. The number of aryl methyl sites for hydroxylation is 1. The average molecular weight is 361 g/mol. The van der Waals surface area contributed by atoms with Crippen LogP contribution in [-0.4, -0.2) is 16.4 Å². The van der Waals surface area contributed by atoms with Crippen molar-refractivity contribution in [2.45, 2.75) is 13.5 Å². The number of nitrogens with one attached hydrogen (secondary N) is 2. The van der Waals surface area contributed by atoms with Gasteiger partial charge in [-0.15, -0.1) is 0 Å². The first kappa shape index (κ1) is 18.1. The Morgan fingerprint density at radius 3 is 2.26 bits per heavy atom. The van der Waals surface area contributed by atoms with Gasteiger partial charge in [-0.2, -0.15) is 0 Å². The molecule has 6 heteroatoms. The van der Waals surface area contributed by atoms with Gasteiger partial charge in [0, 0.05) is 17.8 Å². The molecule has 0 bridgehead atoms. The summed E-state index contributed by atoms with van der Waals surface area (Å²) >= 11 is 0. The number of rotatable bonds is 4. The van der Waals surface area contributed by atoms with Gasteiger partial charge in [0.1, 0.15) is 0 Å². The zero-order chi connectivity index (χ0) is 19.2. The molecule has 0 aliphatic rings. The van der Waals surface area contributed by atoms with Crippen LogP contribution in [0, 0.1) is 6.92 Å². The molecule has 1 heterocycles. The van der Waals surface area contributed by atoms with Crippen LogP contribution in [0.1, 0.15) is 31.8 Å². The molecule has 27 heavy (non-hydrogen) atoms. The van der Waals surface area contributed by atoms with Gasteiger partial charge in [-0.1, -0.05) is 48.0 Å². The number of benzene rings is 2. The van der Waals surface area contributed by atoms with E-state index in [1.807, 2.05) is 43.3 Å². The van der Waals surface area contributed by atoms with E-state index in [0.29, 0.717) is 12.1 Å². The maximum atomic E-state index is 12.3. The highest BCUT2D eigenvalue weighted by Gasteiger charge is 2.11. The lowest BCUT2D eigenvalue weighted by Crippen LogP contribution is -2.42. The van der Waals surface area contributed by atoms with Crippen LogP contribution in [0.3, 0.4) is 0 Å². The third-order valence-electron chi connectivity index (χ3n) is 4.01. The van der Waals surface area contributed by atoms with E-state index in [2.05, 4.69) is 10.9 Å². The van der Waals surface area contributed by atoms with Crippen molar-refractivity contribution >= 4 is 11.8 Å². The Bertz CT molecular complexity index is 1030. The van der Waals surface area contributed by atoms with Gasteiger partial charge >= 0.3 is 0 Å². The fraction of sp³-hybridized carbons (Fsp3) is 0.0952. The molecule has 0 aliphatic heterocycles. The smallest absolute Gasteiger partial charge is 0.271 e. The highest BCUT2D eigenvalue weighted by Crippen LogP contribution is 2.04. The maximum absolute atomic E-state index is 12.3. The molecule has 2 N–H and O–H groups in total. The molecule has 0 unspecified atom stereocenters. The molecule has 0 radical (unpaired) electrons. The summed E-state index contributed by atoms with van der Waals surface area (Å²) in [5, 5.41) is 0. The van der Waals surface area contributed by atoms with E-state index in [1.165, 1.54) is 22.9 Å². The highest BCUT2D eigenvalue weighted by atomic mass is 16.2. The van der Waals surface area contributed by atoms with Crippen molar-refractivity contribution in [2.75, 3.05) is 0 Å². The first-order chi connectivity index (χ1) is 13.0. The second-order valence-corrected chi connectivity index (χ2v) is 6.15. The number of aromatic nitrogens is 1. The SMILES string of the molecule is Cc1cccc(C(=O)NNC(=O)c2ccc(=O)n(Cc3ccccc3)c2)c1. The fourth-order valence-corrected chi connectivity index (χ4v) is 2.61. The molecule has 0 fully saturated rings. The lowest BCUT2D eigenvalue weighted by atomic mass is 10.1. The Hall–Kier alpha value is -3.67. The van der Waals surface area contributed by atoms with E-state index in [-0.39, 0.29) is 11.1 Å². The summed E-state index contributed by atoms with van der Waals surface area (Å²) < 4.78 is 1.45. The molecule has 136 valence electrons. The van der Waals surface area contributed by atoms with Crippen molar-refractivity contribution in [2.24, 2.45) is 0 Å². The number of nitrogens with zero attached hydrogens (tertiary/aromatic N) is 1. The summed E-state index contributed by atoms with van der Waals surface area (Å²) in [6.45, 7) is 2.24. The summed E-state index contributed by atoms with van der Waals surface area (Å²) in [7, 11) is 0. The predicted octanol–water partition coefficient (Wildman–Crippen LogP) is 2.28. The monoisotopic (exact) mass is 361 g/mol. The van der Waals surface area contributed by atoms with Crippen molar-refractivity contribution < 1.29 is 9.59 Å². The minimum Gasteiger partial charge on any atom is -0.310 e. The third-order valence-corrected chi connectivity index (χ3v) is 4.01. The van der Waals surface area contributed by atoms with Crippen molar-refractivity contribution in [1.29, 1.82) is 0 Å². The Kier molecular flexibility index (Phi) is 5.47. The van der Waals surface area contributed by atoms with Gasteiger partial charge in [0.15, 0.2) is 0 Å². The van der Waals surface area contributed by atoms with E-state index >= 15 is 0 Å². The lowest BCUT2D eigenvalue weighted by Gasteiger charge is -2.10. The number of hydrogen-bond acceptors (Lipinski definition) is 3. The third kappa shape index (κ3) is 4.70. The molecule has 0 atom stereocenters. The summed E-state index contributed by atoms with van der Waals surface area (Å²) in [5.41, 5.74) is 7.16. The van der Waals surface area contributed by atoms with Crippen LogP contribution in [0.5, 0.6) is 0 Å². The van der Waals surface area contributed by atoms with E-state index in [9.17, 15) is 14.4 Å². The zero-order valence-corrected chi connectivity index (χ0v) is 14.8. The molecule has 2 aromatic carbocycles. The van der Waals surface area contributed by atoms with Crippen LogP contribution in [0.2, 0.25) is 0 Å². The molecule has 6 nitrogen and oxygen atoms in total. The van der Waals surface area contributed by atoms with Crippen molar-refractivity contribution in [1.82, 2.24) is 15.4 Å². The first-order valence-corrected chi connectivity index (χ1v) is 8.45. The summed E-state index contributed by atoms with van der Waals surface area (Å²) in [5.74, 6) is -0.914. The zero-order valence-electron chi connectivity index (χ0n) is 14.8. The molecular weight excluding hydrogens is 342 g/mol. The van der Waals surface area contributed by atoms with Gasteiger partial charge in [0.2, 0.25) is 0 Å². The average Bonchev–Trinajstić information content (AvgIpc) is 2.68. The molecule has 0 aliphatic carbocycles. The minimum atomic E-state index is -0.502. The molecule has 0 saturated carbocycles. The van der Waals surface area contributed by atoms with Crippen LogP contribution in [0.15, 0.2) is 77.7 Å². The number of hydrogen-bond donors (Lipinski definition) is 2. The maximum Gasteiger partial charge on any atom is 0.271 e. The number of amides is 2. The molecule has 3 rings (SSSR count). The molecule has 0 spiro atoms. The van der Waals surface area contributed by atoms with Crippen LogP contribution in [0.25, 0.3) is 0 Å². The molecule has 3 aromatic rings. The molecule has 2 amide bonds. The van der Waals surface area contributed by atoms with Crippen molar-refractivity contribution in [3.8, 4) is 0 Å². The number of carbonyl (C=O) groups is 2. The second-order valence-electron chi connectivity index (χ2n) is 6.15. The van der Waals surface area contributed by atoms with Crippen LogP contribution in [0.4, 0.5) is 0 Å². The van der Waals surface area contributed by atoms with Gasteiger partial charge in [-0.3, -0.25) is 25.2 Å². The Morgan fingerprint density at radius 1 is 0.852 bits per heavy atom.